The van der Waals surface area contributed by atoms with Gasteiger partial charge in [0, 0.05) is 23.5 Å². The molecule has 0 aliphatic carbocycles. The molecule has 1 aromatic carbocycles. The molecule has 100 valence electrons. The van der Waals surface area contributed by atoms with Crippen LogP contribution in [0.5, 0.6) is 5.75 Å². The van der Waals surface area contributed by atoms with Gasteiger partial charge >= 0.3 is 0 Å². The first-order valence-electron chi connectivity index (χ1n) is 7.27. The van der Waals surface area contributed by atoms with Crippen molar-refractivity contribution in [3.8, 4) is 5.75 Å². The molecule has 2 fully saturated rings. The van der Waals surface area contributed by atoms with Crippen LogP contribution in [-0.4, -0.2) is 18.2 Å². The largest absolute Gasteiger partial charge is 0.490 e. The second kappa shape index (κ2) is 4.57. The highest BCUT2D eigenvalue weighted by atomic mass is 16.5. The van der Waals surface area contributed by atoms with Crippen molar-refractivity contribution in [1.29, 1.82) is 0 Å². The summed E-state index contributed by atoms with van der Waals surface area (Å²) in [6, 6.07) is 9.42. The molecule has 2 aliphatic rings. The zero-order valence-corrected chi connectivity index (χ0v) is 11.0. The van der Waals surface area contributed by atoms with Crippen LogP contribution in [-0.2, 0) is 0 Å². The van der Waals surface area contributed by atoms with Gasteiger partial charge in [0.15, 0.2) is 0 Å². The molecule has 2 aromatic rings. The lowest BCUT2D eigenvalue weighted by atomic mass is 9.85. The fourth-order valence-corrected chi connectivity index (χ4v) is 3.51. The Balaban J connectivity index is 1.51. The Hall–Kier alpha value is -1.48. The van der Waals surface area contributed by atoms with E-state index in [0.29, 0.717) is 18.2 Å². The predicted molar refractivity (Wildman–Crippen MR) is 74.4 cm³/mol. The van der Waals surface area contributed by atoms with Crippen LogP contribution in [0, 0.1) is 0 Å². The summed E-state index contributed by atoms with van der Waals surface area (Å²) in [7, 11) is 0. The van der Waals surface area contributed by atoms with Crippen LogP contribution >= 0.6 is 0 Å². The SMILES string of the molecule is c1cc2ccc(OC3C[C@H]4CCC[C@@H](C3)N4)cc2o1. The van der Waals surface area contributed by atoms with Crippen LogP contribution in [0.25, 0.3) is 11.0 Å². The number of hydrogen-bond acceptors (Lipinski definition) is 3. The second-order valence-electron chi connectivity index (χ2n) is 5.82. The van der Waals surface area contributed by atoms with Crippen LogP contribution in [0.2, 0.25) is 0 Å². The van der Waals surface area contributed by atoms with E-state index in [1.165, 1.54) is 19.3 Å². The molecule has 0 radical (unpaired) electrons. The van der Waals surface area contributed by atoms with Crippen molar-refractivity contribution in [1.82, 2.24) is 5.32 Å². The van der Waals surface area contributed by atoms with Gasteiger partial charge in [-0.2, -0.15) is 0 Å². The lowest BCUT2D eigenvalue weighted by Crippen LogP contribution is -2.51. The highest BCUT2D eigenvalue weighted by Gasteiger charge is 2.32. The maximum atomic E-state index is 6.17. The van der Waals surface area contributed by atoms with Crippen molar-refractivity contribution in [3.63, 3.8) is 0 Å². The Kier molecular flexibility index (Phi) is 2.73. The lowest BCUT2D eigenvalue weighted by Gasteiger charge is -2.40. The Labute approximate surface area is 112 Å². The van der Waals surface area contributed by atoms with Crippen molar-refractivity contribution in [2.24, 2.45) is 0 Å². The van der Waals surface area contributed by atoms with Gasteiger partial charge in [-0.3, -0.25) is 0 Å². The van der Waals surface area contributed by atoms with Crippen LogP contribution in [0.3, 0.4) is 0 Å². The number of rotatable bonds is 2. The van der Waals surface area contributed by atoms with Crippen LogP contribution in [0.15, 0.2) is 34.9 Å². The highest BCUT2D eigenvalue weighted by Crippen LogP contribution is 2.30. The van der Waals surface area contributed by atoms with E-state index in [0.717, 1.165) is 29.6 Å². The summed E-state index contributed by atoms with van der Waals surface area (Å²) >= 11 is 0. The van der Waals surface area contributed by atoms with Crippen molar-refractivity contribution >= 4 is 11.0 Å². The zero-order valence-electron chi connectivity index (χ0n) is 11.0. The van der Waals surface area contributed by atoms with E-state index in [1.54, 1.807) is 6.26 Å². The molecular formula is C16H19NO2. The molecule has 2 bridgehead atoms. The zero-order chi connectivity index (χ0) is 12.7. The number of fused-ring (bicyclic) bond motifs is 3. The lowest BCUT2D eigenvalue weighted by molar-refractivity contribution is 0.0928. The molecule has 2 saturated heterocycles. The maximum absolute atomic E-state index is 6.17. The van der Waals surface area contributed by atoms with E-state index < -0.39 is 0 Å². The van der Waals surface area contributed by atoms with E-state index in [9.17, 15) is 0 Å². The van der Waals surface area contributed by atoms with Gasteiger partial charge in [0.05, 0.1) is 6.26 Å². The monoisotopic (exact) mass is 257 g/mol. The summed E-state index contributed by atoms with van der Waals surface area (Å²) in [5, 5.41) is 4.83. The van der Waals surface area contributed by atoms with Gasteiger partial charge < -0.3 is 14.5 Å². The van der Waals surface area contributed by atoms with Gasteiger partial charge in [0.1, 0.15) is 17.4 Å². The fraction of sp³-hybridized carbons (Fsp3) is 0.500. The molecule has 3 heterocycles. The van der Waals surface area contributed by atoms with E-state index in [1.807, 2.05) is 12.1 Å². The number of benzene rings is 1. The van der Waals surface area contributed by atoms with Gasteiger partial charge in [-0.05, 0) is 43.9 Å². The summed E-state index contributed by atoms with van der Waals surface area (Å²) in [6.07, 6.45) is 8.31. The number of furan rings is 1. The number of ether oxygens (including phenoxy) is 1. The third kappa shape index (κ3) is 2.23. The molecule has 3 nitrogen and oxygen atoms in total. The van der Waals surface area contributed by atoms with Crippen molar-refractivity contribution < 1.29 is 9.15 Å². The van der Waals surface area contributed by atoms with Crippen molar-refractivity contribution in [2.45, 2.75) is 50.3 Å². The average Bonchev–Trinajstić information content (AvgIpc) is 2.85. The second-order valence-corrected chi connectivity index (χ2v) is 5.82. The van der Waals surface area contributed by atoms with Gasteiger partial charge in [-0.15, -0.1) is 0 Å². The Morgan fingerprint density at radius 2 is 1.95 bits per heavy atom. The quantitative estimate of drug-likeness (QED) is 0.894. The van der Waals surface area contributed by atoms with Crippen molar-refractivity contribution in [2.75, 3.05) is 0 Å². The Morgan fingerprint density at radius 3 is 2.79 bits per heavy atom. The standard InChI is InChI=1S/C16H19NO2/c1-2-12-8-15(9-13(3-1)17-12)19-14-5-4-11-6-7-18-16(11)10-14/h4-7,10,12-13,15,17H,1-3,8-9H2/t12-,13+,15?. The summed E-state index contributed by atoms with van der Waals surface area (Å²) < 4.78 is 11.6. The molecule has 0 saturated carbocycles. The molecule has 0 spiro atoms. The molecule has 1 aromatic heterocycles. The third-order valence-electron chi connectivity index (χ3n) is 4.40. The van der Waals surface area contributed by atoms with E-state index in [4.69, 9.17) is 9.15 Å². The predicted octanol–water partition coefficient (Wildman–Crippen LogP) is 3.48. The first-order valence-corrected chi connectivity index (χ1v) is 7.27. The van der Waals surface area contributed by atoms with Crippen LogP contribution in [0.1, 0.15) is 32.1 Å². The van der Waals surface area contributed by atoms with E-state index in [-0.39, 0.29) is 0 Å². The molecule has 1 N–H and O–H groups in total. The number of piperidine rings is 2. The van der Waals surface area contributed by atoms with Crippen molar-refractivity contribution in [3.05, 3.63) is 30.5 Å². The number of hydrogen-bond donors (Lipinski definition) is 1. The molecule has 19 heavy (non-hydrogen) atoms. The Morgan fingerprint density at radius 1 is 1.11 bits per heavy atom. The minimum Gasteiger partial charge on any atom is -0.490 e. The molecule has 1 unspecified atom stereocenters. The average molecular weight is 257 g/mol. The first-order chi connectivity index (χ1) is 9.37. The van der Waals surface area contributed by atoms with Gasteiger partial charge in [-0.1, -0.05) is 6.42 Å². The minimum atomic E-state index is 0.351. The molecule has 3 atom stereocenters. The van der Waals surface area contributed by atoms with Crippen LogP contribution in [0.4, 0.5) is 0 Å². The molecular weight excluding hydrogens is 238 g/mol. The maximum Gasteiger partial charge on any atom is 0.137 e. The third-order valence-corrected chi connectivity index (χ3v) is 4.40. The highest BCUT2D eigenvalue weighted by molar-refractivity contribution is 5.78. The van der Waals surface area contributed by atoms with E-state index >= 15 is 0 Å². The molecule has 4 rings (SSSR count). The van der Waals surface area contributed by atoms with E-state index in [2.05, 4.69) is 17.4 Å². The fourth-order valence-electron chi connectivity index (χ4n) is 3.51. The normalized spacial score (nSPS) is 30.4. The van der Waals surface area contributed by atoms with Gasteiger partial charge in [0.25, 0.3) is 0 Å². The molecule has 3 heteroatoms. The summed E-state index contributed by atoms with van der Waals surface area (Å²) in [5.41, 5.74) is 0.909. The smallest absolute Gasteiger partial charge is 0.137 e. The first kappa shape index (κ1) is 11.4. The topological polar surface area (TPSA) is 34.4 Å². The van der Waals surface area contributed by atoms with Gasteiger partial charge in [-0.25, -0.2) is 0 Å². The molecule has 0 amide bonds. The van der Waals surface area contributed by atoms with Gasteiger partial charge in [0.2, 0.25) is 0 Å². The molecule has 2 aliphatic heterocycles. The summed E-state index contributed by atoms with van der Waals surface area (Å²) in [4.78, 5) is 0. The number of nitrogens with one attached hydrogen (secondary N) is 1. The summed E-state index contributed by atoms with van der Waals surface area (Å²) in [5.74, 6) is 0.937. The van der Waals surface area contributed by atoms with Crippen LogP contribution < -0.4 is 10.1 Å². The Bertz CT molecular complexity index is 565. The minimum absolute atomic E-state index is 0.351. The summed E-state index contributed by atoms with van der Waals surface area (Å²) in [6.45, 7) is 0.